The van der Waals surface area contributed by atoms with Gasteiger partial charge in [-0.1, -0.05) is 0 Å². The van der Waals surface area contributed by atoms with E-state index in [-0.39, 0.29) is 34.6 Å². The van der Waals surface area contributed by atoms with Crippen LogP contribution in [0.3, 0.4) is 0 Å². The first-order valence-corrected chi connectivity index (χ1v) is 8.41. The number of nitrogens with zero attached hydrogens (tertiary/aromatic N) is 4. The van der Waals surface area contributed by atoms with Crippen LogP contribution in [0.1, 0.15) is 29.7 Å². The lowest BCUT2D eigenvalue weighted by Gasteiger charge is -2.17. The first-order valence-electron chi connectivity index (χ1n) is 8.41. The van der Waals surface area contributed by atoms with Crippen LogP contribution in [-0.4, -0.2) is 78.1 Å². The van der Waals surface area contributed by atoms with E-state index in [2.05, 4.69) is 20.3 Å². The van der Waals surface area contributed by atoms with E-state index in [1.54, 1.807) is 0 Å². The molecule has 3 unspecified atom stereocenters. The Morgan fingerprint density at radius 2 is 2.19 bits per heavy atom. The van der Waals surface area contributed by atoms with Crippen molar-refractivity contribution >= 4 is 22.8 Å². The van der Waals surface area contributed by atoms with Crippen molar-refractivity contribution in [2.45, 2.75) is 43.4 Å². The molecule has 2 saturated heterocycles. The molecule has 2 aliphatic rings. The van der Waals surface area contributed by atoms with Crippen LogP contribution < -0.4 is 11.1 Å². The van der Waals surface area contributed by atoms with E-state index in [9.17, 15) is 20.1 Å². The minimum absolute atomic E-state index is 0.0390. The number of nitrogens with two attached hydrogens (primary N) is 1. The summed E-state index contributed by atoms with van der Waals surface area (Å²) in [7, 11) is 0. The molecule has 6 N–H and O–H groups in total. The fraction of sp³-hybridized carbons (Fsp3) is 0.600. The van der Waals surface area contributed by atoms with Gasteiger partial charge in [-0.05, 0) is 19.4 Å². The van der Waals surface area contributed by atoms with Gasteiger partial charge in [0.25, 0.3) is 0 Å². The summed E-state index contributed by atoms with van der Waals surface area (Å²) in [5.74, 6) is -0.255. The highest BCUT2D eigenvalue weighted by atomic mass is 16.6. The van der Waals surface area contributed by atoms with Crippen LogP contribution in [0.5, 0.6) is 0 Å². The van der Waals surface area contributed by atoms with Gasteiger partial charge < -0.3 is 31.1 Å². The number of nitrogens with one attached hydrogen (secondary N) is 1. The first kappa shape index (κ1) is 17.2. The van der Waals surface area contributed by atoms with Gasteiger partial charge >= 0.3 is 0 Å². The van der Waals surface area contributed by atoms with Gasteiger partial charge in [0.2, 0.25) is 11.6 Å². The van der Waals surface area contributed by atoms with Crippen molar-refractivity contribution in [3.8, 4) is 0 Å². The molecule has 4 heterocycles. The van der Waals surface area contributed by atoms with Crippen molar-refractivity contribution in [3.05, 3.63) is 12.2 Å². The second-order valence-corrected chi connectivity index (χ2v) is 6.50. The second-order valence-electron chi connectivity index (χ2n) is 6.50. The minimum atomic E-state index is -1.30. The maximum absolute atomic E-state index is 12.6. The third kappa shape index (κ3) is 2.64. The average Bonchev–Trinajstić information content (AvgIpc) is 3.35. The number of carbonyl (C=O) groups excluding carboxylic acids is 1. The molecule has 0 aromatic carbocycles. The number of ketones is 1. The summed E-state index contributed by atoms with van der Waals surface area (Å²) in [6.45, 7) is 0.310. The number of aliphatic hydroxyl groups excluding tert-OH is 3. The van der Waals surface area contributed by atoms with Gasteiger partial charge in [-0.25, -0.2) is 15.0 Å². The number of rotatable bonds is 4. The van der Waals surface area contributed by atoms with E-state index in [0.29, 0.717) is 6.42 Å². The smallest absolute Gasteiger partial charge is 0.217 e. The van der Waals surface area contributed by atoms with E-state index in [1.807, 2.05) is 0 Å². The molecule has 0 bridgehead atoms. The van der Waals surface area contributed by atoms with Crippen LogP contribution in [0.25, 0.3) is 11.2 Å². The Morgan fingerprint density at radius 3 is 2.85 bits per heavy atom. The zero-order chi connectivity index (χ0) is 18.4. The van der Waals surface area contributed by atoms with Gasteiger partial charge in [-0.3, -0.25) is 9.36 Å². The molecule has 2 aromatic rings. The Morgan fingerprint density at radius 1 is 1.38 bits per heavy atom. The van der Waals surface area contributed by atoms with Crippen LogP contribution in [0, 0.1) is 0 Å². The standard InChI is InChI=1S/C15H20N6O5/c16-12-8-14(20-13(19-12)9(23)6-2-1-3-17-6)21(5-18-8)15-11(25)10(24)7(4-22)26-15/h5-7,10-11,15,17,22,24-25H,1-4H2,(H2,16,19,20)/t6?,7-,10?,11?,15-/m1/s1. The average molecular weight is 364 g/mol. The Bertz CT molecular complexity index is 835. The monoisotopic (exact) mass is 364 g/mol. The molecule has 2 aliphatic heterocycles. The van der Waals surface area contributed by atoms with Crippen LogP contribution in [-0.2, 0) is 4.74 Å². The zero-order valence-electron chi connectivity index (χ0n) is 13.8. The van der Waals surface area contributed by atoms with Crippen molar-refractivity contribution in [3.63, 3.8) is 0 Å². The second kappa shape index (κ2) is 6.52. The summed E-state index contributed by atoms with van der Waals surface area (Å²) in [6, 6.07) is -0.350. The van der Waals surface area contributed by atoms with Crippen LogP contribution in [0.2, 0.25) is 0 Å². The maximum Gasteiger partial charge on any atom is 0.217 e. The number of fused-ring (bicyclic) bond motifs is 1. The number of anilines is 1. The number of aliphatic hydroxyl groups is 3. The number of carbonyl (C=O) groups is 1. The number of ether oxygens (including phenoxy) is 1. The third-order valence-electron chi connectivity index (χ3n) is 4.84. The van der Waals surface area contributed by atoms with Crippen molar-refractivity contribution in [2.75, 3.05) is 18.9 Å². The number of aromatic nitrogens is 4. The summed E-state index contributed by atoms with van der Waals surface area (Å²) >= 11 is 0. The van der Waals surface area contributed by atoms with Crippen molar-refractivity contribution in [1.82, 2.24) is 24.8 Å². The van der Waals surface area contributed by atoms with Crippen molar-refractivity contribution in [2.24, 2.45) is 0 Å². The lowest BCUT2D eigenvalue weighted by Crippen LogP contribution is -2.33. The first-order chi connectivity index (χ1) is 12.5. The minimum Gasteiger partial charge on any atom is -0.394 e. The Kier molecular flexibility index (Phi) is 4.32. The van der Waals surface area contributed by atoms with Gasteiger partial charge in [0.1, 0.15) is 23.8 Å². The largest absolute Gasteiger partial charge is 0.394 e. The highest BCUT2D eigenvalue weighted by Crippen LogP contribution is 2.32. The molecule has 2 aromatic heterocycles. The lowest BCUT2D eigenvalue weighted by molar-refractivity contribution is -0.0511. The van der Waals surface area contributed by atoms with E-state index >= 15 is 0 Å². The van der Waals surface area contributed by atoms with Crippen LogP contribution >= 0.6 is 0 Å². The normalized spacial score (nSPS) is 31.7. The number of hydrogen-bond donors (Lipinski definition) is 5. The topological polar surface area (TPSA) is 169 Å². The molecule has 0 amide bonds. The summed E-state index contributed by atoms with van der Waals surface area (Å²) in [5, 5.41) is 32.5. The molecule has 11 nitrogen and oxygen atoms in total. The Hall–Kier alpha value is -2.18. The van der Waals surface area contributed by atoms with Crippen molar-refractivity contribution in [1.29, 1.82) is 0 Å². The number of Topliss-reactive ketones (excluding diaryl/α,β-unsaturated/α-hetero) is 1. The summed E-state index contributed by atoms with van der Waals surface area (Å²) < 4.78 is 6.89. The predicted molar refractivity (Wildman–Crippen MR) is 88.1 cm³/mol. The molecule has 0 saturated carbocycles. The molecule has 0 radical (unpaired) electrons. The van der Waals surface area contributed by atoms with Crippen LogP contribution in [0.4, 0.5) is 5.82 Å². The maximum atomic E-state index is 12.6. The van der Waals surface area contributed by atoms with Gasteiger partial charge in [0.05, 0.1) is 19.0 Å². The highest BCUT2D eigenvalue weighted by Gasteiger charge is 2.44. The van der Waals surface area contributed by atoms with E-state index in [0.717, 1.165) is 13.0 Å². The van der Waals surface area contributed by atoms with Gasteiger partial charge in [-0.15, -0.1) is 0 Å². The third-order valence-corrected chi connectivity index (χ3v) is 4.84. The molecule has 4 rings (SSSR count). The van der Waals surface area contributed by atoms with E-state index < -0.39 is 31.1 Å². The van der Waals surface area contributed by atoms with E-state index in [1.165, 1.54) is 10.9 Å². The number of imidazole rings is 1. The molecule has 26 heavy (non-hydrogen) atoms. The van der Waals surface area contributed by atoms with Gasteiger partial charge in [0, 0.05) is 0 Å². The molecule has 5 atom stereocenters. The number of hydrogen-bond acceptors (Lipinski definition) is 10. The quantitative estimate of drug-likeness (QED) is 0.381. The lowest BCUT2D eigenvalue weighted by atomic mass is 10.1. The SMILES string of the molecule is Nc1nc(C(=O)C2CCCN2)nc2c1ncn2[C@@H]1O[C@H](CO)C(O)C1O. The molecule has 140 valence electrons. The summed E-state index contributed by atoms with van der Waals surface area (Å²) in [5.41, 5.74) is 6.41. The molecule has 2 fully saturated rings. The Balaban J connectivity index is 1.74. The molecular weight excluding hydrogens is 344 g/mol. The van der Waals surface area contributed by atoms with Gasteiger partial charge in [-0.2, -0.15) is 0 Å². The van der Waals surface area contributed by atoms with Crippen molar-refractivity contribution < 1.29 is 24.9 Å². The summed E-state index contributed by atoms with van der Waals surface area (Å²) in [6.07, 6.45) is -1.56. The van der Waals surface area contributed by atoms with Gasteiger partial charge in [0.15, 0.2) is 17.7 Å². The molecule has 0 aliphatic carbocycles. The highest BCUT2D eigenvalue weighted by molar-refractivity contribution is 5.99. The summed E-state index contributed by atoms with van der Waals surface area (Å²) in [4.78, 5) is 25.0. The molecule has 11 heteroatoms. The molecule has 0 spiro atoms. The fourth-order valence-corrected chi connectivity index (χ4v) is 3.41. The van der Waals surface area contributed by atoms with Crippen LogP contribution in [0.15, 0.2) is 6.33 Å². The Labute approximate surface area is 147 Å². The fourth-order valence-electron chi connectivity index (χ4n) is 3.41. The van der Waals surface area contributed by atoms with E-state index in [4.69, 9.17) is 10.5 Å². The predicted octanol–water partition coefficient (Wildman–Crippen LogP) is -2.05. The zero-order valence-corrected chi connectivity index (χ0v) is 13.8. The molecular formula is C15H20N6O5. The number of nitrogen functional groups attached to an aromatic ring is 1.